The van der Waals surface area contributed by atoms with Gasteiger partial charge < -0.3 is 15.4 Å². The zero-order valence-electron chi connectivity index (χ0n) is 14.5. The van der Waals surface area contributed by atoms with E-state index in [1.807, 2.05) is 20.8 Å². The first-order valence-corrected chi connectivity index (χ1v) is 8.53. The van der Waals surface area contributed by atoms with E-state index in [4.69, 9.17) is 4.74 Å². The van der Waals surface area contributed by atoms with Gasteiger partial charge in [0.15, 0.2) is 0 Å². The van der Waals surface area contributed by atoms with Crippen LogP contribution in [0.15, 0.2) is 0 Å². The average molecular weight is 312 g/mol. The highest BCUT2D eigenvalue weighted by Gasteiger charge is 2.24. The van der Waals surface area contributed by atoms with Crippen LogP contribution in [-0.2, 0) is 9.53 Å². The Morgan fingerprint density at radius 2 is 1.82 bits per heavy atom. The Labute approximate surface area is 134 Å². The quantitative estimate of drug-likeness (QED) is 0.790. The van der Waals surface area contributed by atoms with Gasteiger partial charge in [0.2, 0.25) is 5.91 Å². The third-order valence-corrected chi connectivity index (χ3v) is 4.08. The molecule has 2 N–H and O–H groups in total. The Morgan fingerprint density at radius 1 is 1.18 bits per heavy atom. The van der Waals surface area contributed by atoms with E-state index < -0.39 is 17.7 Å². The number of amides is 2. The molecule has 0 aromatic rings. The lowest BCUT2D eigenvalue weighted by Crippen LogP contribution is -2.47. The molecule has 0 bridgehead atoms. The Balaban J connectivity index is 2.39. The number of rotatable bonds is 6. The molecule has 0 aromatic heterocycles. The number of nitrogens with one attached hydrogen (secondary N) is 2. The van der Waals surface area contributed by atoms with E-state index in [2.05, 4.69) is 10.6 Å². The maximum absolute atomic E-state index is 11.9. The minimum absolute atomic E-state index is 0.158. The summed E-state index contributed by atoms with van der Waals surface area (Å²) in [6.07, 6.45) is 8.88. The number of hydrogen-bond donors (Lipinski definition) is 2. The number of likely N-dealkylation sites (N-methyl/N-ethyl adjacent to an activating group) is 1. The van der Waals surface area contributed by atoms with Crippen molar-refractivity contribution in [2.24, 2.45) is 5.92 Å². The molecule has 128 valence electrons. The van der Waals surface area contributed by atoms with Gasteiger partial charge in [0, 0.05) is 7.05 Å². The second kappa shape index (κ2) is 9.01. The van der Waals surface area contributed by atoms with Gasteiger partial charge in [-0.2, -0.15) is 0 Å². The van der Waals surface area contributed by atoms with Crippen LogP contribution in [0.4, 0.5) is 4.79 Å². The number of alkyl carbamates (subject to hydrolysis) is 1. The molecule has 1 atom stereocenters. The normalized spacial score (nSPS) is 17.6. The molecule has 1 saturated carbocycles. The summed E-state index contributed by atoms with van der Waals surface area (Å²) in [4.78, 5) is 23.8. The molecule has 1 fully saturated rings. The van der Waals surface area contributed by atoms with Crippen LogP contribution < -0.4 is 10.6 Å². The monoisotopic (exact) mass is 312 g/mol. The highest BCUT2D eigenvalue weighted by molar-refractivity contribution is 5.85. The molecule has 0 unspecified atom stereocenters. The molecule has 0 saturated heterocycles. The molecule has 0 radical (unpaired) electrons. The summed E-state index contributed by atoms with van der Waals surface area (Å²) in [5.41, 5.74) is -0.556. The molecule has 0 heterocycles. The van der Waals surface area contributed by atoms with Crippen LogP contribution in [0.25, 0.3) is 0 Å². The van der Waals surface area contributed by atoms with Crippen LogP contribution in [0.3, 0.4) is 0 Å². The maximum Gasteiger partial charge on any atom is 0.408 e. The molecular formula is C17H32N2O3. The molecule has 0 aromatic carbocycles. The van der Waals surface area contributed by atoms with Crippen LogP contribution in [0.5, 0.6) is 0 Å². The fourth-order valence-corrected chi connectivity index (χ4v) is 2.98. The minimum atomic E-state index is -0.556. The molecule has 0 aliphatic heterocycles. The van der Waals surface area contributed by atoms with Crippen molar-refractivity contribution in [2.75, 3.05) is 7.05 Å². The van der Waals surface area contributed by atoms with E-state index >= 15 is 0 Å². The summed E-state index contributed by atoms with van der Waals surface area (Å²) in [6.45, 7) is 5.43. The molecular weight excluding hydrogens is 280 g/mol. The standard InChI is InChI=1S/C17H32N2O3/c1-17(2,3)22-16(21)19-14(15(20)18-4)12-8-11-13-9-6-5-7-10-13/h13-14H,5-12H2,1-4H3,(H,18,20)(H,19,21)/t14-/m0/s1. The molecule has 2 amide bonds. The van der Waals surface area contributed by atoms with Crippen molar-refractivity contribution in [3.63, 3.8) is 0 Å². The van der Waals surface area contributed by atoms with Crippen molar-refractivity contribution in [1.82, 2.24) is 10.6 Å². The van der Waals surface area contributed by atoms with Gasteiger partial charge in [0.05, 0.1) is 0 Å². The summed E-state index contributed by atoms with van der Waals surface area (Å²) in [5.74, 6) is 0.634. The zero-order chi connectivity index (χ0) is 16.6. The third kappa shape index (κ3) is 7.66. The molecule has 0 spiro atoms. The first kappa shape index (κ1) is 18.8. The van der Waals surface area contributed by atoms with Gasteiger partial charge in [-0.05, 0) is 33.1 Å². The van der Waals surface area contributed by atoms with Gasteiger partial charge >= 0.3 is 6.09 Å². The lowest BCUT2D eigenvalue weighted by atomic mass is 9.85. The Kier molecular flexibility index (Phi) is 7.69. The van der Waals surface area contributed by atoms with Gasteiger partial charge in [-0.3, -0.25) is 4.79 Å². The first-order chi connectivity index (χ1) is 10.3. The van der Waals surface area contributed by atoms with E-state index in [1.54, 1.807) is 7.05 Å². The van der Waals surface area contributed by atoms with E-state index in [9.17, 15) is 9.59 Å². The Hall–Kier alpha value is -1.26. The second-order valence-electron chi connectivity index (χ2n) is 7.25. The van der Waals surface area contributed by atoms with Gasteiger partial charge in [-0.15, -0.1) is 0 Å². The van der Waals surface area contributed by atoms with Gasteiger partial charge in [0.1, 0.15) is 11.6 Å². The van der Waals surface area contributed by atoms with Crippen molar-refractivity contribution >= 4 is 12.0 Å². The van der Waals surface area contributed by atoms with Gasteiger partial charge in [-0.1, -0.05) is 44.9 Å². The van der Waals surface area contributed by atoms with Crippen LogP contribution in [0, 0.1) is 5.92 Å². The first-order valence-electron chi connectivity index (χ1n) is 8.53. The summed E-state index contributed by atoms with van der Waals surface area (Å²) in [7, 11) is 1.59. The molecule has 1 rings (SSSR count). The molecule has 1 aliphatic rings. The maximum atomic E-state index is 11.9. The van der Waals surface area contributed by atoms with E-state index in [1.165, 1.54) is 32.1 Å². The predicted molar refractivity (Wildman–Crippen MR) is 87.7 cm³/mol. The minimum Gasteiger partial charge on any atom is -0.444 e. The lowest BCUT2D eigenvalue weighted by molar-refractivity contribution is -0.122. The molecule has 5 nitrogen and oxygen atoms in total. The number of carbonyl (C=O) groups excluding carboxylic acids is 2. The topological polar surface area (TPSA) is 67.4 Å². The highest BCUT2D eigenvalue weighted by atomic mass is 16.6. The van der Waals surface area contributed by atoms with Crippen LogP contribution in [-0.4, -0.2) is 30.7 Å². The average Bonchev–Trinajstić information content (AvgIpc) is 2.44. The Bertz CT molecular complexity index is 357. The Morgan fingerprint density at radius 3 is 2.36 bits per heavy atom. The SMILES string of the molecule is CNC(=O)[C@H](CCCC1CCCCC1)NC(=O)OC(C)(C)C. The summed E-state index contributed by atoms with van der Waals surface area (Å²) in [5, 5.41) is 5.30. The van der Waals surface area contributed by atoms with Crippen molar-refractivity contribution < 1.29 is 14.3 Å². The predicted octanol–water partition coefficient (Wildman–Crippen LogP) is 3.38. The smallest absolute Gasteiger partial charge is 0.408 e. The summed E-state index contributed by atoms with van der Waals surface area (Å²) >= 11 is 0. The van der Waals surface area contributed by atoms with Crippen molar-refractivity contribution in [3.8, 4) is 0 Å². The van der Waals surface area contributed by atoms with Crippen LogP contribution >= 0.6 is 0 Å². The molecule has 22 heavy (non-hydrogen) atoms. The van der Waals surface area contributed by atoms with Crippen molar-refractivity contribution in [3.05, 3.63) is 0 Å². The van der Waals surface area contributed by atoms with Crippen molar-refractivity contribution in [1.29, 1.82) is 0 Å². The fourth-order valence-electron chi connectivity index (χ4n) is 2.98. The van der Waals surface area contributed by atoms with E-state index in [0.717, 1.165) is 18.8 Å². The lowest BCUT2D eigenvalue weighted by Gasteiger charge is -2.24. The molecule has 1 aliphatic carbocycles. The van der Waals surface area contributed by atoms with Gasteiger partial charge in [-0.25, -0.2) is 4.79 Å². The number of ether oxygens (including phenoxy) is 1. The number of carbonyl (C=O) groups is 2. The van der Waals surface area contributed by atoms with Crippen molar-refractivity contribution in [2.45, 2.75) is 83.8 Å². The van der Waals surface area contributed by atoms with Crippen LogP contribution in [0.2, 0.25) is 0 Å². The summed E-state index contributed by atoms with van der Waals surface area (Å²) in [6, 6.07) is -0.511. The fraction of sp³-hybridized carbons (Fsp3) is 0.882. The third-order valence-electron chi connectivity index (χ3n) is 4.08. The van der Waals surface area contributed by atoms with Gasteiger partial charge in [0.25, 0.3) is 0 Å². The summed E-state index contributed by atoms with van der Waals surface area (Å²) < 4.78 is 5.23. The largest absolute Gasteiger partial charge is 0.444 e. The van der Waals surface area contributed by atoms with E-state index in [-0.39, 0.29) is 5.91 Å². The van der Waals surface area contributed by atoms with Crippen LogP contribution in [0.1, 0.15) is 72.1 Å². The number of hydrogen-bond acceptors (Lipinski definition) is 3. The van der Waals surface area contributed by atoms with E-state index in [0.29, 0.717) is 6.42 Å². The second-order valence-corrected chi connectivity index (χ2v) is 7.25. The highest BCUT2D eigenvalue weighted by Crippen LogP contribution is 2.27. The zero-order valence-corrected chi connectivity index (χ0v) is 14.5. The molecule has 5 heteroatoms.